The minimum Gasteiger partial charge on any atom is -0.386 e. The van der Waals surface area contributed by atoms with Gasteiger partial charge in [-0.3, -0.25) is 4.99 Å². The smallest absolute Gasteiger partial charge is 0.191 e. The summed E-state index contributed by atoms with van der Waals surface area (Å²) < 4.78 is 0. The van der Waals surface area contributed by atoms with E-state index in [1.165, 1.54) is 0 Å². The van der Waals surface area contributed by atoms with Crippen molar-refractivity contribution in [3.63, 3.8) is 0 Å². The number of piperidine rings is 1. The molecule has 0 amide bonds. The van der Waals surface area contributed by atoms with Gasteiger partial charge in [-0.05, 0) is 51.3 Å². The van der Waals surface area contributed by atoms with Crippen LogP contribution in [0.4, 0.5) is 0 Å². The maximum Gasteiger partial charge on any atom is 0.191 e. The first-order chi connectivity index (χ1) is 12.0. The minimum atomic E-state index is -0.629. The summed E-state index contributed by atoms with van der Waals surface area (Å²) in [4.78, 5) is 7.06. The summed E-state index contributed by atoms with van der Waals surface area (Å²) >= 11 is 5.89. The Morgan fingerprint density at radius 2 is 1.92 bits per heavy atom. The number of hydrogen-bond acceptors (Lipinski definition) is 3. The molecule has 1 unspecified atom stereocenters. The minimum absolute atomic E-state index is 0.321. The summed E-state index contributed by atoms with van der Waals surface area (Å²) in [5.74, 6) is 0.776. The molecular weight excluding hydrogens is 336 g/mol. The molecule has 25 heavy (non-hydrogen) atoms. The van der Waals surface area contributed by atoms with Gasteiger partial charge < -0.3 is 20.6 Å². The lowest BCUT2D eigenvalue weighted by molar-refractivity contribution is 0.167. The van der Waals surface area contributed by atoms with E-state index < -0.39 is 6.10 Å². The second-order valence-corrected chi connectivity index (χ2v) is 7.27. The van der Waals surface area contributed by atoms with Gasteiger partial charge in [0.05, 0.1) is 12.6 Å². The molecule has 0 aromatic heterocycles. The summed E-state index contributed by atoms with van der Waals surface area (Å²) in [7, 11) is 0. The van der Waals surface area contributed by atoms with E-state index in [4.69, 9.17) is 11.6 Å². The fraction of sp³-hybridized carbons (Fsp3) is 0.632. The van der Waals surface area contributed by atoms with Crippen molar-refractivity contribution in [1.29, 1.82) is 0 Å². The molecule has 140 valence electrons. The molecule has 1 saturated heterocycles. The quantitative estimate of drug-likeness (QED) is 0.535. The molecule has 0 spiro atoms. The molecule has 5 nitrogen and oxygen atoms in total. The van der Waals surface area contributed by atoms with Crippen molar-refractivity contribution in [2.75, 3.05) is 26.2 Å². The number of guanidine groups is 1. The summed E-state index contributed by atoms with van der Waals surface area (Å²) in [5, 5.41) is 17.8. The van der Waals surface area contributed by atoms with E-state index in [0.29, 0.717) is 23.7 Å². The van der Waals surface area contributed by atoms with E-state index in [0.717, 1.165) is 44.0 Å². The van der Waals surface area contributed by atoms with Gasteiger partial charge in [0.1, 0.15) is 0 Å². The van der Waals surface area contributed by atoms with Crippen LogP contribution in [0.15, 0.2) is 29.3 Å². The van der Waals surface area contributed by atoms with Crippen molar-refractivity contribution in [3.05, 3.63) is 34.9 Å². The van der Waals surface area contributed by atoms with Gasteiger partial charge >= 0.3 is 0 Å². The Bertz CT molecular complexity index is 539. The van der Waals surface area contributed by atoms with Crippen LogP contribution >= 0.6 is 11.6 Å². The van der Waals surface area contributed by atoms with Crippen LogP contribution in [0.25, 0.3) is 0 Å². The molecule has 1 fully saturated rings. The molecule has 0 saturated carbocycles. The van der Waals surface area contributed by atoms with E-state index in [2.05, 4.69) is 34.4 Å². The third-order valence-corrected chi connectivity index (χ3v) is 4.87. The molecule has 0 radical (unpaired) electrons. The fourth-order valence-electron chi connectivity index (χ4n) is 3.04. The maximum absolute atomic E-state index is 10.3. The SMILES string of the molecule is CCNC(=NCC(O)c1ccc(Cl)cc1)NC1CCN(C(C)C)CC1. The van der Waals surface area contributed by atoms with Crippen LogP contribution in [-0.2, 0) is 0 Å². The molecule has 0 aliphatic carbocycles. The summed E-state index contributed by atoms with van der Waals surface area (Å²) in [6, 6.07) is 8.29. The molecule has 1 aromatic carbocycles. The number of nitrogens with zero attached hydrogens (tertiary/aromatic N) is 2. The number of rotatable bonds is 6. The van der Waals surface area contributed by atoms with Crippen molar-refractivity contribution >= 4 is 17.6 Å². The number of aliphatic hydroxyl groups is 1. The Hall–Kier alpha value is -1.30. The van der Waals surface area contributed by atoms with Crippen molar-refractivity contribution in [2.45, 2.75) is 51.8 Å². The molecule has 1 aliphatic heterocycles. The second kappa shape index (κ2) is 10.00. The van der Waals surface area contributed by atoms with Gasteiger partial charge in [-0.15, -0.1) is 0 Å². The summed E-state index contributed by atoms with van der Waals surface area (Å²) in [5.41, 5.74) is 0.828. The van der Waals surface area contributed by atoms with Crippen molar-refractivity contribution in [2.24, 2.45) is 4.99 Å². The van der Waals surface area contributed by atoms with Crippen LogP contribution in [0.1, 0.15) is 45.3 Å². The van der Waals surface area contributed by atoms with Crippen LogP contribution in [-0.4, -0.2) is 54.2 Å². The maximum atomic E-state index is 10.3. The van der Waals surface area contributed by atoms with Gasteiger partial charge in [0.2, 0.25) is 0 Å². The van der Waals surface area contributed by atoms with Crippen LogP contribution in [0.2, 0.25) is 5.02 Å². The first-order valence-electron chi connectivity index (χ1n) is 9.22. The first kappa shape index (κ1) is 20.0. The number of likely N-dealkylation sites (tertiary alicyclic amines) is 1. The summed E-state index contributed by atoms with van der Waals surface area (Å²) in [6.45, 7) is 9.89. The largest absolute Gasteiger partial charge is 0.386 e. The number of aliphatic hydroxyl groups excluding tert-OH is 1. The first-order valence-corrected chi connectivity index (χ1v) is 9.59. The number of aliphatic imine (C=N–C) groups is 1. The molecule has 1 heterocycles. The molecule has 1 aliphatic rings. The Kier molecular flexibility index (Phi) is 8.00. The highest BCUT2D eigenvalue weighted by molar-refractivity contribution is 6.30. The highest BCUT2D eigenvalue weighted by Crippen LogP contribution is 2.17. The van der Waals surface area contributed by atoms with Gasteiger partial charge in [-0.2, -0.15) is 0 Å². The standard InChI is InChI=1S/C19H31ClN4O/c1-4-21-19(23-17-9-11-24(12-10-17)14(2)3)22-13-18(25)15-5-7-16(20)8-6-15/h5-8,14,17-18,25H,4,9-13H2,1-3H3,(H2,21,22,23). The molecule has 1 atom stereocenters. The van der Waals surface area contributed by atoms with Gasteiger partial charge in [0.15, 0.2) is 5.96 Å². The average Bonchev–Trinajstić information content (AvgIpc) is 2.60. The number of nitrogens with one attached hydrogen (secondary N) is 2. The molecule has 2 rings (SSSR count). The Labute approximate surface area is 156 Å². The molecule has 6 heteroatoms. The Morgan fingerprint density at radius 1 is 1.28 bits per heavy atom. The lowest BCUT2D eigenvalue weighted by Gasteiger charge is -2.35. The molecule has 1 aromatic rings. The van der Waals surface area contributed by atoms with Gasteiger partial charge in [-0.25, -0.2) is 0 Å². The van der Waals surface area contributed by atoms with Crippen LogP contribution in [0.5, 0.6) is 0 Å². The predicted molar refractivity (Wildman–Crippen MR) is 105 cm³/mol. The Balaban J connectivity index is 1.88. The number of halogens is 1. The monoisotopic (exact) mass is 366 g/mol. The van der Waals surface area contributed by atoms with E-state index >= 15 is 0 Å². The van der Waals surface area contributed by atoms with Gasteiger partial charge in [-0.1, -0.05) is 23.7 Å². The van der Waals surface area contributed by atoms with E-state index in [1.54, 1.807) is 12.1 Å². The van der Waals surface area contributed by atoms with E-state index in [1.807, 2.05) is 19.1 Å². The lowest BCUT2D eigenvalue weighted by Crippen LogP contribution is -2.50. The predicted octanol–water partition coefficient (Wildman–Crippen LogP) is 2.80. The molecular formula is C19H31ClN4O. The zero-order chi connectivity index (χ0) is 18.2. The normalized spacial score (nSPS) is 18.4. The van der Waals surface area contributed by atoms with E-state index in [-0.39, 0.29) is 0 Å². The van der Waals surface area contributed by atoms with Crippen LogP contribution in [0.3, 0.4) is 0 Å². The highest BCUT2D eigenvalue weighted by atomic mass is 35.5. The van der Waals surface area contributed by atoms with Crippen molar-refractivity contribution in [1.82, 2.24) is 15.5 Å². The third-order valence-electron chi connectivity index (χ3n) is 4.62. The van der Waals surface area contributed by atoms with Gasteiger partial charge in [0.25, 0.3) is 0 Å². The molecule has 3 N–H and O–H groups in total. The zero-order valence-corrected chi connectivity index (χ0v) is 16.3. The Morgan fingerprint density at radius 3 is 2.48 bits per heavy atom. The topological polar surface area (TPSA) is 59.9 Å². The van der Waals surface area contributed by atoms with Crippen LogP contribution in [0, 0.1) is 0 Å². The third kappa shape index (κ3) is 6.49. The highest BCUT2D eigenvalue weighted by Gasteiger charge is 2.21. The average molecular weight is 367 g/mol. The molecule has 0 bridgehead atoms. The number of benzene rings is 1. The van der Waals surface area contributed by atoms with E-state index in [9.17, 15) is 5.11 Å². The fourth-order valence-corrected chi connectivity index (χ4v) is 3.17. The number of hydrogen-bond donors (Lipinski definition) is 3. The van der Waals surface area contributed by atoms with Crippen molar-refractivity contribution < 1.29 is 5.11 Å². The van der Waals surface area contributed by atoms with Crippen LogP contribution < -0.4 is 10.6 Å². The second-order valence-electron chi connectivity index (χ2n) is 6.84. The zero-order valence-electron chi connectivity index (χ0n) is 15.5. The summed E-state index contributed by atoms with van der Waals surface area (Å²) in [6.07, 6.45) is 1.60. The van der Waals surface area contributed by atoms with Crippen molar-refractivity contribution in [3.8, 4) is 0 Å². The lowest BCUT2D eigenvalue weighted by atomic mass is 10.0. The van der Waals surface area contributed by atoms with Gasteiger partial charge in [0, 0.05) is 36.7 Å².